The number of unbranched alkanes of at least 4 members (excludes halogenated alkanes) is 1. The summed E-state index contributed by atoms with van der Waals surface area (Å²) in [5.41, 5.74) is 10.4. The molecule has 11 N–H and O–H groups in total. The van der Waals surface area contributed by atoms with Gasteiger partial charge in [-0.25, -0.2) is 9.13 Å². The Bertz CT molecular complexity index is 324. The van der Waals surface area contributed by atoms with Gasteiger partial charge in [0.1, 0.15) is 6.04 Å². The van der Waals surface area contributed by atoms with E-state index >= 15 is 0 Å². The molecule has 0 radical (unpaired) electrons. The van der Waals surface area contributed by atoms with Crippen LogP contribution >= 0.6 is 15.6 Å². The Morgan fingerprint density at radius 2 is 1.27 bits per heavy atom. The number of carboxylic acid groups (broad SMARTS) is 1. The maximum absolute atomic E-state index is 10.1. The minimum atomic E-state index is -4.64. The van der Waals surface area contributed by atoms with E-state index in [1.54, 1.807) is 0 Å². The maximum atomic E-state index is 10.1. The number of hydrogen-bond donors (Lipinski definition) is 9. The molecule has 1 unspecified atom stereocenters. The molecule has 0 saturated heterocycles. The van der Waals surface area contributed by atoms with Crippen molar-refractivity contribution in [1.82, 2.24) is 0 Å². The standard InChI is InChI=1S/C6H14N2O2.K.Na.2H3O4P.2H/c7-4-2-1-3-5(8)6(9)10;;;2*1-5(2,3)4;;/h5H,1-4,7-8H2,(H,9,10);;;2*(H3,1,2,3,4);;/q;2*+1;;;2*-1. The van der Waals surface area contributed by atoms with Crippen molar-refractivity contribution in [2.75, 3.05) is 6.54 Å². The van der Waals surface area contributed by atoms with Crippen LogP contribution in [-0.4, -0.2) is 53.0 Å². The number of phosphoric acid groups is 2. The molecule has 128 valence electrons. The van der Waals surface area contributed by atoms with Gasteiger partial charge in [-0.15, -0.1) is 0 Å². The van der Waals surface area contributed by atoms with E-state index in [1.807, 2.05) is 0 Å². The molecule has 0 bridgehead atoms. The van der Waals surface area contributed by atoms with Crippen LogP contribution in [0.3, 0.4) is 0 Å². The zero-order valence-corrected chi connectivity index (χ0v) is 19.2. The molecule has 0 aromatic heterocycles. The number of carboxylic acids is 1. The third kappa shape index (κ3) is 79.4. The van der Waals surface area contributed by atoms with Crippen LogP contribution in [0.15, 0.2) is 0 Å². The van der Waals surface area contributed by atoms with Crippen molar-refractivity contribution in [3.8, 4) is 0 Å². The second-order valence-electron chi connectivity index (χ2n) is 3.26. The van der Waals surface area contributed by atoms with Crippen molar-refractivity contribution in [3.63, 3.8) is 0 Å². The van der Waals surface area contributed by atoms with E-state index in [2.05, 4.69) is 0 Å². The summed E-state index contributed by atoms with van der Waals surface area (Å²) >= 11 is 0. The summed E-state index contributed by atoms with van der Waals surface area (Å²) in [5.74, 6) is -0.933. The predicted molar refractivity (Wildman–Crippen MR) is 69.3 cm³/mol. The Balaban J connectivity index is -0.0000000362. The van der Waals surface area contributed by atoms with Gasteiger partial charge in [-0.1, -0.05) is 6.42 Å². The predicted octanol–water partition coefficient (Wildman–Crippen LogP) is -8.10. The molecule has 0 amide bonds. The zero-order valence-electron chi connectivity index (χ0n) is 14.3. The molecule has 0 saturated carbocycles. The molecule has 0 rings (SSSR count). The monoisotopic (exact) mass is 406 g/mol. The molecule has 22 heavy (non-hydrogen) atoms. The topological polar surface area (TPSA) is 245 Å². The first-order valence-corrected chi connectivity index (χ1v) is 8.06. The molecule has 0 aliphatic carbocycles. The molecule has 0 aromatic rings. The van der Waals surface area contributed by atoms with Crippen molar-refractivity contribution in [2.45, 2.75) is 25.3 Å². The molecule has 0 aromatic carbocycles. The molecule has 0 fully saturated rings. The fourth-order valence-corrected chi connectivity index (χ4v) is 0.632. The molecule has 12 nitrogen and oxygen atoms in total. The molecule has 0 aliphatic heterocycles. The normalized spacial score (nSPS) is 11.3. The van der Waals surface area contributed by atoms with Crippen LogP contribution in [0.25, 0.3) is 0 Å². The molecule has 0 spiro atoms. The van der Waals surface area contributed by atoms with E-state index in [1.165, 1.54) is 0 Å². The van der Waals surface area contributed by atoms with E-state index in [0.717, 1.165) is 12.8 Å². The summed E-state index contributed by atoms with van der Waals surface area (Å²) in [6, 6.07) is -0.716. The van der Waals surface area contributed by atoms with Crippen molar-refractivity contribution < 1.29 is 132 Å². The summed E-state index contributed by atoms with van der Waals surface area (Å²) in [6.45, 7) is 0.604. The molecule has 1 atom stereocenters. The van der Waals surface area contributed by atoms with Crippen LogP contribution in [0.1, 0.15) is 22.1 Å². The van der Waals surface area contributed by atoms with Gasteiger partial charge in [0.05, 0.1) is 0 Å². The quantitative estimate of drug-likeness (QED) is 0.117. The van der Waals surface area contributed by atoms with E-state index < -0.39 is 27.7 Å². The van der Waals surface area contributed by atoms with Crippen LogP contribution in [0.4, 0.5) is 0 Å². The minimum Gasteiger partial charge on any atom is -1.00 e. The zero-order chi connectivity index (χ0) is 17.0. The average molecular weight is 406 g/mol. The molecule has 0 aliphatic rings. The first kappa shape index (κ1) is 35.4. The van der Waals surface area contributed by atoms with Gasteiger partial charge in [0.15, 0.2) is 0 Å². The summed E-state index contributed by atoms with van der Waals surface area (Å²) in [5, 5.41) is 8.33. The van der Waals surface area contributed by atoms with Gasteiger partial charge in [-0.2, -0.15) is 0 Å². The minimum absolute atomic E-state index is 0. The number of hydrogen-bond acceptors (Lipinski definition) is 5. The van der Waals surface area contributed by atoms with Crippen LogP contribution in [0, 0.1) is 0 Å². The number of carbonyl (C=O) groups is 1. The third-order valence-corrected chi connectivity index (χ3v) is 1.29. The van der Waals surface area contributed by atoms with Gasteiger partial charge < -0.3 is 48.8 Å². The number of nitrogens with two attached hydrogens (primary N) is 2. The second-order valence-corrected chi connectivity index (χ2v) is 5.31. The molecular formula is C6H22KN2NaO10P2. The van der Waals surface area contributed by atoms with Gasteiger partial charge in [0.25, 0.3) is 0 Å². The summed E-state index contributed by atoms with van der Waals surface area (Å²) < 4.78 is 17.8. The first-order valence-electron chi connectivity index (χ1n) is 4.93. The molecule has 0 heterocycles. The fraction of sp³-hybridized carbons (Fsp3) is 0.833. The Kier molecular flexibility index (Phi) is 31.5. The largest absolute Gasteiger partial charge is 1.00 e. The van der Waals surface area contributed by atoms with Crippen LogP contribution in [0.5, 0.6) is 0 Å². The van der Waals surface area contributed by atoms with Gasteiger partial charge in [-0.3, -0.25) is 4.79 Å². The van der Waals surface area contributed by atoms with Crippen LogP contribution in [-0.2, 0) is 13.9 Å². The SMILES string of the molecule is NCCCCC(N)C(=O)O.O=P(O)(O)O.O=P(O)(O)O.[H-].[H-].[K+].[Na+]. The Hall–Kier alpha value is 2.25. The maximum Gasteiger partial charge on any atom is 1.00 e. The smallest absolute Gasteiger partial charge is 1.00 e. The molecule has 16 heteroatoms. The average Bonchev–Trinajstić information content (AvgIpc) is 2.12. The molecular weight excluding hydrogens is 384 g/mol. The summed E-state index contributed by atoms with van der Waals surface area (Å²) in [7, 11) is -9.28. The van der Waals surface area contributed by atoms with E-state index in [-0.39, 0.29) is 83.8 Å². The van der Waals surface area contributed by atoms with Gasteiger partial charge in [-0.05, 0) is 19.4 Å². The van der Waals surface area contributed by atoms with Crippen molar-refractivity contribution in [3.05, 3.63) is 0 Å². The Labute approximate surface area is 194 Å². The van der Waals surface area contributed by atoms with Crippen molar-refractivity contribution in [1.29, 1.82) is 0 Å². The van der Waals surface area contributed by atoms with Gasteiger partial charge in [0, 0.05) is 0 Å². The Morgan fingerprint density at radius 3 is 1.45 bits per heavy atom. The summed E-state index contributed by atoms with van der Waals surface area (Å²) in [6.07, 6.45) is 2.16. The van der Waals surface area contributed by atoms with E-state index in [9.17, 15) is 4.79 Å². The number of rotatable bonds is 5. The first-order chi connectivity index (χ1) is 8.68. The van der Waals surface area contributed by atoms with Gasteiger partial charge in [0.2, 0.25) is 0 Å². The van der Waals surface area contributed by atoms with E-state index in [4.69, 9.17) is 55.1 Å². The third-order valence-electron chi connectivity index (χ3n) is 1.29. The number of aliphatic carboxylic acids is 1. The Morgan fingerprint density at radius 1 is 1.00 bits per heavy atom. The second kappa shape index (κ2) is 19.6. The van der Waals surface area contributed by atoms with Crippen LogP contribution in [0.2, 0.25) is 0 Å². The fourth-order valence-electron chi connectivity index (χ4n) is 0.632. The van der Waals surface area contributed by atoms with Gasteiger partial charge >= 0.3 is 103 Å². The summed E-state index contributed by atoms with van der Waals surface area (Å²) in [4.78, 5) is 53.3. The van der Waals surface area contributed by atoms with Crippen LogP contribution < -0.4 is 92.4 Å². The van der Waals surface area contributed by atoms with Crippen molar-refractivity contribution >= 4 is 21.6 Å². The van der Waals surface area contributed by atoms with E-state index in [0.29, 0.717) is 13.0 Å². The van der Waals surface area contributed by atoms with Crippen molar-refractivity contribution in [2.24, 2.45) is 11.5 Å².